The number of amides is 2. The molecule has 0 bridgehead atoms. The molecule has 0 saturated carbocycles. The molecule has 1 unspecified atom stereocenters. The first-order chi connectivity index (χ1) is 18.8. The highest BCUT2D eigenvalue weighted by Crippen LogP contribution is 2.36. The van der Waals surface area contributed by atoms with Gasteiger partial charge in [-0.25, -0.2) is 4.39 Å². The monoisotopic (exact) mass is 543 g/mol. The van der Waals surface area contributed by atoms with Gasteiger partial charge in [-0.3, -0.25) is 19.3 Å². The number of aromatic nitrogens is 3. The average Bonchev–Trinajstić information content (AvgIpc) is 3.62. The summed E-state index contributed by atoms with van der Waals surface area (Å²) in [5.41, 5.74) is 5.45. The van der Waals surface area contributed by atoms with Crippen molar-refractivity contribution in [2.75, 3.05) is 20.1 Å². The van der Waals surface area contributed by atoms with Gasteiger partial charge in [0.25, 0.3) is 5.91 Å². The second kappa shape index (κ2) is 11.2. The largest absolute Gasteiger partial charge is 0.355 e. The SMILES string of the molecule is C=CC(=O)N1CCC(c2cnc(-c3ccc(F)cc3)cc2-c2ccn(Cc3cc(Cl)cc(C(=O)NC)c3)n2)C1. The number of rotatable bonds is 7. The molecule has 198 valence electrons. The molecule has 1 atom stereocenters. The molecule has 1 aliphatic heterocycles. The van der Waals surface area contributed by atoms with Gasteiger partial charge in [-0.15, -0.1) is 0 Å². The maximum atomic E-state index is 13.5. The first-order valence-corrected chi connectivity index (χ1v) is 12.9. The Morgan fingerprint density at radius 1 is 1.15 bits per heavy atom. The first kappa shape index (κ1) is 26.3. The molecule has 9 heteroatoms. The zero-order valence-electron chi connectivity index (χ0n) is 21.4. The Morgan fingerprint density at radius 2 is 1.95 bits per heavy atom. The molecule has 7 nitrogen and oxygen atoms in total. The Kier molecular flexibility index (Phi) is 7.56. The van der Waals surface area contributed by atoms with Gasteiger partial charge in [0.05, 0.1) is 17.9 Å². The van der Waals surface area contributed by atoms with E-state index in [9.17, 15) is 14.0 Å². The summed E-state index contributed by atoms with van der Waals surface area (Å²) in [6, 6.07) is 15.3. The molecule has 0 radical (unpaired) electrons. The van der Waals surface area contributed by atoms with Crippen LogP contribution >= 0.6 is 11.6 Å². The van der Waals surface area contributed by atoms with Gasteiger partial charge < -0.3 is 10.2 Å². The van der Waals surface area contributed by atoms with Gasteiger partial charge in [0.15, 0.2) is 0 Å². The number of benzene rings is 2. The lowest BCUT2D eigenvalue weighted by Crippen LogP contribution is -2.26. The lowest BCUT2D eigenvalue weighted by atomic mass is 9.92. The number of hydrogen-bond donors (Lipinski definition) is 1. The van der Waals surface area contributed by atoms with Crippen LogP contribution in [0.5, 0.6) is 0 Å². The maximum Gasteiger partial charge on any atom is 0.251 e. The highest BCUT2D eigenvalue weighted by molar-refractivity contribution is 6.31. The number of halogens is 2. The number of likely N-dealkylation sites (tertiary alicyclic amines) is 1. The lowest BCUT2D eigenvalue weighted by Gasteiger charge is -2.17. The van der Waals surface area contributed by atoms with Crippen LogP contribution in [0.15, 0.2) is 79.6 Å². The van der Waals surface area contributed by atoms with Crippen molar-refractivity contribution >= 4 is 23.4 Å². The maximum absolute atomic E-state index is 13.5. The minimum absolute atomic E-state index is 0.0862. The molecule has 1 saturated heterocycles. The number of nitrogens with one attached hydrogen (secondary N) is 1. The van der Waals surface area contributed by atoms with Crippen LogP contribution in [-0.4, -0.2) is 51.6 Å². The Labute approximate surface area is 230 Å². The van der Waals surface area contributed by atoms with Crippen LogP contribution in [0.1, 0.15) is 33.8 Å². The van der Waals surface area contributed by atoms with Crippen LogP contribution < -0.4 is 5.32 Å². The van der Waals surface area contributed by atoms with E-state index in [0.29, 0.717) is 35.9 Å². The van der Waals surface area contributed by atoms with E-state index >= 15 is 0 Å². The molecule has 4 aromatic rings. The zero-order chi connectivity index (χ0) is 27.5. The van der Waals surface area contributed by atoms with Crippen LogP contribution in [0, 0.1) is 5.82 Å². The van der Waals surface area contributed by atoms with Crippen molar-refractivity contribution < 1.29 is 14.0 Å². The molecule has 1 aliphatic rings. The van der Waals surface area contributed by atoms with Gasteiger partial charge in [-0.2, -0.15) is 5.10 Å². The summed E-state index contributed by atoms with van der Waals surface area (Å²) in [7, 11) is 1.58. The van der Waals surface area contributed by atoms with Crippen LogP contribution in [0.2, 0.25) is 5.02 Å². The standard InChI is InChI=1S/C30H27ClFN5O2/c1-3-29(38)36-10-8-21(18-36)26-16-34-28(20-4-6-24(32)7-5-20)15-25(26)27-9-11-37(35-27)17-19-12-22(30(39)33-2)14-23(31)13-19/h3-7,9,11-16,21H,1,8,10,17-18H2,2H3,(H,33,39). The van der Waals surface area contributed by atoms with Gasteiger partial charge in [-0.1, -0.05) is 18.2 Å². The van der Waals surface area contributed by atoms with E-state index in [4.69, 9.17) is 16.7 Å². The third-order valence-corrected chi connectivity index (χ3v) is 7.12. The molecule has 2 aromatic carbocycles. The fourth-order valence-electron chi connectivity index (χ4n) is 4.93. The summed E-state index contributed by atoms with van der Waals surface area (Å²) in [6.45, 7) is 5.24. The number of nitrogens with zero attached hydrogens (tertiary/aromatic N) is 4. The minimum atomic E-state index is -0.312. The Balaban J connectivity index is 1.50. The molecular weight excluding hydrogens is 517 g/mol. The van der Waals surface area contributed by atoms with Crippen molar-refractivity contribution in [1.82, 2.24) is 25.0 Å². The van der Waals surface area contributed by atoms with Crippen molar-refractivity contribution in [2.24, 2.45) is 0 Å². The van der Waals surface area contributed by atoms with E-state index in [0.717, 1.165) is 34.4 Å². The molecule has 39 heavy (non-hydrogen) atoms. The van der Waals surface area contributed by atoms with Crippen LogP contribution in [-0.2, 0) is 11.3 Å². The third kappa shape index (κ3) is 5.76. The summed E-state index contributed by atoms with van der Waals surface area (Å²) >= 11 is 6.27. The van der Waals surface area contributed by atoms with Crippen molar-refractivity contribution in [3.05, 3.63) is 107 Å². The highest BCUT2D eigenvalue weighted by Gasteiger charge is 2.29. The Bertz CT molecular complexity index is 1550. The molecule has 2 amide bonds. The smallest absolute Gasteiger partial charge is 0.251 e. The van der Waals surface area contributed by atoms with E-state index in [1.807, 2.05) is 30.6 Å². The fraction of sp³-hybridized carbons (Fsp3) is 0.200. The number of pyridine rings is 1. The summed E-state index contributed by atoms with van der Waals surface area (Å²) in [5, 5.41) is 7.93. The molecule has 1 N–H and O–H groups in total. The van der Waals surface area contributed by atoms with Gasteiger partial charge in [-0.05, 0) is 78.2 Å². The van der Waals surface area contributed by atoms with Gasteiger partial charge in [0.2, 0.25) is 5.91 Å². The predicted octanol–water partition coefficient (Wildman–Crippen LogP) is 5.31. The topological polar surface area (TPSA) is 80.1 Å². The molecule has 5 rings (SSSR count). The van der Waals surface area contributed by atoms with Crippen LogP contribution in [0.4, 0.5) is 4.39 Å². The van der Waals surface area contributed by atoms with Crippen molar-refractivity contribution in [2.45, 2.75) is 18.9 Å². The summed E-state index contributed by atoms with van der Waals surface area (Å²) < 4.78 is 15.3. The van der Waals surface area contributed by atoms with E-state index in [1.165, 1.54) is 18.2 Å². The molecule has 0 aliphatic carbocycles. The van der Waals surface area contributed by atoms with Crippen molar-refractivity contribution in [3.63, 3.8) is 0 Å². The lowest BCUT2D eigenvalue weighted by molar-refractivity contribution is -0.125. The van der Waals surface area contributed by atoms with E-state index in [-0.39, 0.29) is 23.5 Å². The van der Waals surface area contributed by atoms with E-state index < -0.39 is 0 Å². The number of carbonyl (C=O) groups excluding carboxylic acids is 2. The van der Waals surface area contributed by atoms with Crippen LogP contribution in [0.3, 0.4) is 0 Å². The second-order valence-electron chi connectivity index (χ2n) is 9.46. The Morgan fingerprint density at radius 3 is 2.69 bits per heavy atom. The third-order valence-electron chi connectivity index (χ3n) is 6.90. The summed E-state index contributed by atoms with van der Waals surface area (Å²) in [4.78, 5) is 30.8. The number of carbonyl (C=O) groups is 2. The molecular formula is C30H27ClFN5O2. The van der Waals surface area contributed by atoms with Crippen LogP contribution in [0.25, 0.3) is 22.5 Å². The molecule has 2 aromatic heterocycles. The second-order valence-corrected chi connectivity index (χ2v) is 9.90. The van der Waals surface area contributed by atoms with Gasteiger partial charge >= 0.3 is 0 Å². The predicted molar refractivity (Wildman–Crippen MR) is 149 cm³/mol. The average molecular weight is 544 g/mol. The molecule has 3 heterocycles. The van der Waals surface area contributed by atoms with Crippen molar-refractivity contribution in [3.8, 4) is 22.5 Å². The molecule has 1 fully saturated rings. The quantitative estimate of drug-likeness (QED) is 0.320. The minimum Gasteiger partial charge on any atom is -0.355 e. The Hall–Kier alpha value is -4.30. The zero-order valence-corrected chi connectivity index (χ0v) is 22.2. The normalized spacial score (nSPS) is 14.8. The van der Waals surface area contributed by atoms with E-state index in [2.05, 4.69) is 16.9 Å². The van der Waals surface area contributed by atoms with E-state index in [1.54, 1.807) is 40.9 Å². The number of hydrogen-bond acceptors (Lipinski definition) is 4. The molecule has 0 spiro atoms. The summed E-state index contributed by atoms with van der Waals surface area (Å²) in [6.07, 6.45) is 5.86. The van der Waals surface area contributed by atoms with Crippen molar-refractivity contribution in [1.29, 1.82) is 0 Å². The highest BCUT2D eigenvalue weighted by atomic mass is 35.5. The van der Waals surface area contributed by atoms with Gasteiger partial charge in [0, 0.05) is 60.2 Å². The fourth-order valence-corrected chi connectivity index (χ4v) is 5.19. The van der Waals surface area contributed by atoms with Gasteiger partial charge in [0.1, 0.15) is 5.82 Å². The first-order valence-electron chi connectivity index (χ1n) is 12.6. The summed E-state index contributed by atoms with van der Waals surface area (Å²) in [5.74, 6) is -0.521.